The van der Waals surface area contributed by atoms with Crippen LogP contribution in [-0.2, 0) is 0 Å². The highest BCUT2D eigenvalue weighted by Gasteiger charge is 2.20. The fraction of sp³-hybridized carbons (Fsp3) is 0.700. The first-order valence-electron chi connectivity index (χ1n) is 5.80. The molecule has 0 aromatic carbocycles. The minimum absolute atomic E-state index is 0.126. The van der Waals surface area contributed by atoms with E-state index in [0.29, 0.717) is 11.9 Å². The van der Waals surface area contributed by atoms with Crippen LogP contribution >= 0.6 is 11.6 Å². The molecule has 2 heterocycles. The van der Waals surface area contributed by atoms with Crippen molar-refractivity contribution < 1.29 is 0 Å². The van der Waals surface area contributed by atoms with E-state index in [2.05, 4.69) is 32.1 Å². The van der Waals surface area contributed by atoms with Crippen LogP contribution in [0, 0.1) is 5.92 Å². The largest absolute Gasteiger partial charge is 0.368 e. The summed E-state index contributed by atoms with van der Waals surface area (Å²) in [6, 6.07) is 0. The fourth-order valence-electron chi connectivity index (χ4n) is 2.05. The predicted molar refractivity (Wildman–Crippen MR) is 68.0 cm³/mol. The van der Waals surface area contributed by atoms with Crippen molar-refractivity contribution in [1.82, 2.24) is 19.9 Å². The zero-order valence-corrected chi connectivity index (χ0v) is 10.6. The summed E-state index contributed by atoms with van der Waals surface area (Å²) in [7, 11) is 0. The monoisotopic (exact) mass is 256 g/mol. The normalized spacial score (nSPS) is 20.7. The minimum Gasteiger partial charge on any atom is -0.368 e. The number of nitrogen functional groups attached to an aromatic ring is 1. The van der Waals surface area contributed by atoms with Gasteiger partial charge in [-0.3, -0.25) is 0 Å². The highest BCUT2D eigenvalue weighted by molar-refractivity contribution is 6.28. The predicted octanol–water partition coefficient (Wildman–Crippen LogP) is 0.861. The molecule has 6 nitrogen and oxygen atoms in total. The Morgan fingerprint density at radius 1 is 1.47 bits per heavy atom. The number of likely N-dealkylation sites (tertiary alicyclic amines) is 1. The number of aromatic nitrogens is 3. The molecule has 94 valence electrons. The third-order valence-corrected chi connectivity index (χ3v) is 3.16. The Kier molecular flexibility index (Phi) is 3.96. The van der Waals surface area contributed by atoms with Gasteiger partial charge in [-0.1, -0.05) is 6.92 Å². The molecule has 0 spiro atoms. The highest BCUT2D eigenvalue weighted by Crippen LogP contribution is 2.16. The molecule has 1 fully saturated rings. The van der Waals surface area contributed by atoms with E-state index < -0.39 is 0 Å². The Balaban J connectivity index is 1.85. The van der Waals surface area contributed by atoms with E-state index in [1.165, 1.54) is 13.0 Å². The fourth-order valence-corrected chi connectivity index (χ4v) is 2.21. The lowest BCUT2D eigenvalue weighted by Crippen LogP contribution is -2.23. The van der Waals surface area contributed by atoms with Gasteiger partial charge in [0.1, 0.15) is 0 Å². The number of nitrogens with one attached hydrogen (secondary N) is 1. The summed E-state index contributed by atoms with van der Waals surface area (Å²) in [6.45, 7) is 6.43. The first kappa shape index (κ1) is 12.3. The Bertz CT molecular complexity index is 365. The highest BCUT2D eigenvalue weighted by atomic mass is 35.5. The zero-order valence-electron chi connectivity index (χ0n) is 9.86. The number of nitrogens with zero attached hydrogens (tertiary/aromatic N) is 4. The number of anilines is 2. The number of hydrogen-bond donors (Lipinski definition) is 2. The van der Waals surface area contributed by atoms with E-state index in [1.807, 2.05) is 0 Å². The lowest BCUT2D eigenvalue weighted by atomic mass is 10.1. The summed E-state index contributed by atoms with van der Waals surface area (Å²) in [5.74, 6) is 1.23. The van der Waals surface area contributed by atoms with Crippen LogP contribution in [0.4, 0.5) is 11.9 Å². The first-order chi connectivity index (χ1) is 8.17. The molecule has 1 unspecified atom stereocenters. The van der Waals surface area contributed by atoms with Crippen LogP contribution in [-0.4, -0.2) is 46.0 Å². The molecule has 0 amide bonds. The average molecular weight is 257 g/mol. The van der Waals surface area contributed by atoms with Crippen molar-refractivity contribution in [3.05, 3.63) is 5.28 Å². The van der Waals surface area contributed by atoms with Crippen molar-refractivity contribution in [2.24, 2.45) is 5.92 Å². The van der Waals surface area contributed by atoms with Crippen LogP contribution in [0.2, 0.25) is 5.28 Å². The van der Waals surface area contributed by atoms with E-state index in [-0.39, 0.29) is 11.2 Å². The van der Waals surface area contributed by atoms with Gasteiger partial charge in [-0.15, -0.1) is 0 Å². The van der Waals surface area contributed by atoms with Crippen molar-refractivity contribution in [3.8, 4) is 0 Å². The number of halogens is 1. The zero-order chi connectivity index (χ0) is 12.3. The molecule has 1 atom stereocenters. The van der Waals surface area contributed by atoms with Crippen molar-refractivity contribution in [2.75, 3.05) is 37.2 Å². The molecule has 0 radical (unpaired) electrons. The maximum Gasteiger partial charge on any atom is 0.228 e. The third kappa shape index (κ3) is 3.41. The summed E-state index contributed by atoms with van der Waals surface area (Å²) >= 11 is 5.70. The maximum absolute atomic E-state index is 5.70. The summed E-state index contributed by atoms with van der Waals surface area (Å²) in [6.07, 6.45) is 1.20. The SMILES string of the molecule is CCN1CCC(CNc2nc(N)nc(Cl)n2)C1. The van der Waals surface area contributed by atoms with Gasteiger partial charge in [-0.2, -0.15) is 15.0 Å². The quantitative estimate of drug-likeness (QED) is 0.832. The standard InChI is InChI=1S/C10H17ClN6/c1-2-17-4-3-7(6-17)5-13-10-15-8(11)14-9(12)16-10/h7H,2-6H2,1H3,(H3,12,13,14,15,16). The van der Waals surface area contributed by atoms with Crippen LogP contribution in [0.15, 0.2) is 0 Å². The molecule has 1 aromatic heterocycles. The van der Waals surface area contributed by atoms with Crippen LogP contribution in [0.3, 0.4) is 0 Å². The second-order valence-corrected chi connectivity index (χ2v) is 4.55. The molecule has 0 bridgehead atoms. The second-order valence-electron chi connectivity index (χ2n) is 4.22. The van der Waals surface area contributed by atoms with E-state index in [9.17, 15) is 0 Å². The van der Waals surface area contributed by atoms with E-state index in [4.69, 9.17) is 17.3 Å². The number of nitrogens with two attached hydrogens (primary N) is 1. The topological polar surface area (TPSA) is 80.0 Å². The van der Waals surface area contributed by atoms with Crippen molar-refractivity contribution >= 4 is 23.5 Å². The van der Waals surface area contributed by atoms with E-state index in [0.717, 1.165) is 19.6 Å². The van der Waals surface area contributed by atoms with Gasteiger partial charge in [0.2, 0.25) is 17.2 Å². The molecule has 7 heteroatoms. The molecule has 1 saturated heterocycles. The van der Waals surface area contributed by atoms with Crippen LogP contribution in [0.1, 0.15) is 13.3 Å². The van der Waals surface area contributed by atoms with Crippen LogP contribution in [0.5, 0.6) is 0 Å². The van der Waals surface area contributed by atoms with Crippen LogP contribution in [0.25, 0.3) is 0 Å². The van der Waals surface area contributed by atoms with Gasteiger partial charge in [0.05, 0.1) is 0 Å². The lowest BCUT2D eigenvalue weighted by molar-refractivity contribution is 0.345. The smallest absolute Gasteiger partial charge is 0.228 e. The Labute approximate surface area is 106 Å². The molecule has 1 aromatic rings. The molecular formula is C10H17ClN6. The van der Waals surface area contributed by atoms with Crippen molar-refractivity contribution in [3.63, 3.8) is 0 Å². The van der Waals surface area contributed by atoms with Gasteiger partial charge in [0, 0.05) is 13.1 Å². The second kappa shape index (κ2) is 5.46. The average Bonchev–Trinajstić information content (AvgIpc) is 2.73. The van der Waals surface area contributed by atoms with Gasteiger partial charge in [-0.25, -0.2) is 0 Å². The Hall–Kier alpha value is -1.14. The van der Waals surface area contributed by atoms with Crippen molar-refractivity contribution in [1.29, 1.82) is 0 Å². The molecular weight excluding hydrogens is 240 g/mol. The first-order valence-corrected chi connectivity index (χ1v) is 6.18. The molecule has 0 aliphatic carbocycles. The van der Waals surface area contributed by atoms with Gasteiger partial charge in [0.15, 0.2) is 0 Å². The summed E-state index contributed by atoms with van der Waals surface area (Å²) in [4.78, 5) is 14.1. The molecule has 17 heavy (non-hydrogen) atoms. The molecule has 1 aliphatic rings. The summed E-state index contributed by atoms with van der Waals surface area (Å²) in [5.41, 5.74) is 5.49. The lowest BCUT2D eigenvalue weighted by Gasteiger charge is -2.13. The summed E-state index contributed by atoms with van der Waals surface area (Å²) < 4.78 is 0. The number of rotatable bonds is 4. The Morgan fingerprint density at radius 3 is 2.94 bits per heavy atom. The third-order valence-electron chi connectivity index (χ3n) is 2.99. The van der Waals surface area contributed by atoms with Gasteiger partial charge < -0.3 is 16.0 Å². The van der Waals surface area contributed by atoms with Crippen molar-refractivity contribution in [2.45, 2.75) is 13.3 Å². The maximum atomic E-state index is 5.70. The number of hydrogen-bond acceptors (Lipinski definition) is 6. The van der Waals surface area contributed by atoms with E-state index >= 15 is 0 Å². The van der Waals surface area contributed by atoms with E-state index in [1.54, 1.807) is 0 Å². The molecule has 0 saturated carbocycles. The van der Waals surface area contributed by atoms with Gasteiger partial charge in [0.25, 0.3) is 0 Å². The molecule has 2 rings (SSSR count). The minimum atomic E-state index is 0.126. The van der Waals surface area contributed by atoms with Crippen LogP contribution < -0.4 is 11.1 Å². The van der Waals surface area contributed by atoms with Gasteiger partial charge >= 0.3 is 0 Å². The Morgan fingerprint density at radius 2 is 2.29 bits per heavy atom. The summed E-state index contributed by atoms with van der Waals surface area (Å²) in [5, 5.41) is 3.29. The van der Waals surface area contributed by atoms with Gasteiger partial charge in [-0.05, 0) is 37.0 Å². The molecule has 1 aliphatic heterocycles. The molecule has 3 N–H and O–H groups in total.